The Morgan fingerprint density at radius 1 is 1.05 bits per heavy atom. The SMILES string of the molecule is CCCc1c(Cc2ccc(-c3ccccc3)c(C3=NNC(=O)C3)c2)c(=O)n(C2CCC(OCC3(O)CC3)CC2)c2ncnn12. The van der Waals surface area contributed by atoms with Gasteiger partial charge in [0, 0.05) is 23.6 Å². The molecule has 44 heavy (non-hydrogen) atoms. The van der Waals surface area contributed by atoms with Crippen molar-refractivity contribution in [3.05, 3.63) is 87.6 Å². The number of hydrogen-bond acceptors (Lipinski definition) is 7. The number of hydrogen-bond donors (Lipinski definition) is 2. The molecule has 1 amide bonds. The van der Waals surface area contributed by atoms with Crippen LogP contribution in [0, 0.1) is 0 Å². The lowest BCUT2D eigenvalue weighted by molar-refractivity contribution is -0.119. The third-order valence-corrected chi connectivity index (χ3v) is 9.24. The van der Waals surface area contributed by atoms with E-state index in [1.54, 1.807) is 0 Å². The second kappa shape index (κ2) is 11.7. The predicted octanol–water partition coefficient (Wildman–Crippen LogP) is 4.35. The standard InChI is InChI=1S/C34H38N6O4/c1-2-6-30-28(18-22-9-14-26(23-7-4-3-5-8-23)27(17-22)29-19-31(41)38-37-29)32(42)39(33-35-21-36-40(30)33)24-10-12-25(13-11-24)44-20-34(43)15-16-34/h3-5,7-9,14,17,21,24-25,43H,2,6,10-13,15-16,18-20H2,1H3,(H,38,41). The summed E-state index contributed by atoms with van der Waals surface area (Å²) in [6.07, 6.45) is 8.74. The summed E-state index contributed by atoms with van der Waals surface area (Å²) < 4.78 is 9.76. The first-order valence-electron chi connectivity index (χ1n) is 15.8. The Labute approximate surface area is 255 Å². The lowest BCUT2D eigenvalue weighted by Gasteiger charge is -2.31. The van der Waals surface area contributed by atoms with E-state index in [1.165, 1.54) is 6.33 Å². The molecule has 0 unspecified atom stereocenters. The molecule has 2 fully saturated rings. The lowest BCUT2D eigenvalue weighted by atomic mass is 9.91. The van der Waals surface area contributed by atoms with E-state index >= 15 is 0 Å². The summed E-state index contributed by atoms with van der Waals surface area (Å²) in [4.78, 5) is 31.1. The van der Waals surface area contributed by atoms with Gasteiger partial charge in [0.1, 0.15) is 6.33 Å². The van der Waals surface area contributed by atoms with Crippen LogP contribution in [0.25, 0.3) is 16.9 Å². The van der Waals surface area contributed by atoms with Crippen molar-refractivity contribution in [2.75, 3.05) is 6.61 Å². The van der Waals surface area contributed by atoms with E-state index in [0.717, 1.165) is 78.5 Å². The highest BCUT2D eigenvalue weighted by molar-refractivity contribution is 6.16. The molecular weight excluding hydrogens is 556 g/mol. The molecule has 0 bridgehead atoms. The van der Waals surface area contributed by atoms with Gasteiger partial charge in [0.05, 0.1) is 36.1 Å². The first kappa shape index (κ1) is 28.6. The van der Waals surface area contributed by atoms with Crippen molar-refractivity contribution in [2.45, 2.75) is 88.9 Å². The van der Waals surface area contributed by atoms with Crippen molar-refractivity contribution in [3.63, 3.8) is 0 Å². The normalized spacial score (nSPS) is 21.0. The third kappa shape index (κ3) is 5.59. The Morgan fingerprint density at radius 2 is 1.84 bits per heavy atom. The van der Waals surface area contributed by atoms with Gasteiger partial charge in [-0.2, -0.15) is 15.2 Å². The fourth-order valence-corrected chi connectivity index (χ4v) is 6.64. The maximum atomic E-state index is 14.4. The van der Waals surface area contributed by atoms with E-state index < -0.39 is 5.60 Å². The fourth-order valence-electron chi connectivity index (χ4n) is 6.64. The number of nitrogens with zero attached hydrogens (tertiary/aromatic N) is 5. The summed E-state index contributed by atoms with van der Waals surface area (Å²) in [6.45, 7) is 2.50. The average molecular weight is 595 g/mol. The highest BCUT2D eigenvalue weighted by atomic mass is 16.5. The third-order valence-electron chi connectivity index (χ3n) is 9.24. The van der Waals surface area contributed by atoms with Crippen molar-refractivity contribution >= 4 is 17.4 Å². The topological polar surface area (TPSA) is 123 Å². The van der Waals surface area contributed by atoms with Crippen molar-refractivity contribution in [2.24, 2.45) is 5.10 Å². The van der Waals surface area contributed by atoms with Gasteiger partial charge in [-0.25, -0.2) is 9.94 Å². The number of benzene rings is 2. The van der Waals surface area contributed by atoms with Gasteiger partial charge in [0.25, 0.3) is 5.56 Å². The molecule has 2 aromatic heterocycles. The van der Waals surface area contributed by atoms with Gasteiger partial charge < -0.3 is 9.84 Å². The summed E-state index contributed by atoms with van der Waals surface area (Å²) in [5, 5.41) is 19.1. The number of aromatic nitrogens is 4. The number of rotatable bonds is 10. The maximum Gasteiger partial charge on any atom is 0.259 e. The minimum Gasteiger partial charge on any atom is -0.387 e. The van der Waals surface area contributed by atoms with E-state index in [9.17, 15) is 14.7 Å². The largest absolute Gasteiger partial charge is 0.387 e. The molecule has 7 rings (SSSR count). The monoisotopic (exact) mass is 594 g/mol. The van der Waals surface area contributed by atoms with Crippen LogP contribution in [-0.4, -0.2) is 54.2 Å². The van der Waals surface area contributed by atoms with Crippen LogP contribution in [0.4, 0.5) is 0 Å². The van der Waals surface area contributed by atoms with Crippen LogP contribution < -0.4 is 11.0 Å². The lowest BCUT2D eigenvalue weighted by Crippen LogP contribution is -2.35. The Balaban J connectivity index is 1.24. The smallest absolute Gasteiger partial charge is 0.259 e. The van der Waals surface area contributed by atoms with Crippen molar-refractivity contribution in [3.8, 4) is 11.1 Å². The Hall–Kier alpha value is -4.15. The van der Waals surface area contributed by atoms with Crippen LogP contribution in [0.3, 0.4) is 0 Å². The molecule has 2 N–H and O–H groups in total. The molecule has 2 aliphatic carbocycles. The van der Waals surface area contributed by atoms with Gasteiger partial charge in [-0.05, 0) is 67.7 Å². The molecular formula is C34H38N6O4. The summed E-state index contributed by atoms with van der Waals surface area (Å²) >= 11 is 0. The van der Waals surface area contributed by atoms with Crippen LogP contribution in [0.5, 0.6) is 0 Å². The number of fused-ring (bicyclic) bond motifs is 1. The molecule has 0 spiro atoms. The van der Waals surface area contributed by atoms with Crippen molar-refractivity contribution in [1.82, 2.24) is 24.6 Å². The molecule has 10 nitrogen and oxygen atoms in total. The highest BCUT2D eigenvalue weighted by Gasteiger charge is 2.41. The average Bonchev–Trinajstić information content (AvgIpc) is 3.37. The van der Waals surface area contributed by atoms with Gasteiger partial charge in [0.2, 0.25) is 11.7 Å². The number of hydrazone groups is 1. The van der Waals surface area contributed by atoms with Gasteiger partial charge >= 0.3 is 0 Å². The first-order chi connectivity index (χ1) is 21.4. The van der Waals surface area contributed by atoms with Crippen LogP contribution in [0.1, 0.15) is 86.7 Å². The van der Waals surface area contributed by atoms with Crippen LogP contribution >= 0.6 is 0 Å². The number of aliphatic hydroxyl groups is 1. The summed E-state index contributed by atoms with van der Waals surface area (Å²) in [5.74, 6) is 0.460. The maximum absolute atomic E-state index is 14.4. The van der Waals surface area contributed by atoms with Gasteiger partial charge in [-0.1, -0.05) is 55.8 Å². The second-order valence-corrected chi connectivity index (χ2v) is 12.5. The number of ether oxygens (including phenoxy) is 1. The first-order valence-corrected chi connectivity index (χ1v) is 15.8. The molecule has 4 aromatic rings. The van der Waals surface area contributed by atoms with E-state index in [1.807, 2.05) is 39.4 Å². The zero-order chi connectivity index (χ0) is 30.3. The Morgan fingerprint density at radius 3 is 2.55 bits per heavy atom. The number of nitrogens with one attached hydrogen (secondary N) is 1. The highest BCUT2D eigenvalue weighted by Crippen LogP contribution is 2.37. The number of amides is 1. The molecule has 3 heterocycles. The zero-order valence-electron chi connectivity index (χ0n) is 25.0. The zero-order valence-corrected chi connectivity index (χ0v) is 25.0. The van der Waals surface area contributed by atoms with E-state index in [4.69, 9.17) is 4.74 Å². The predicted molar refractivity (Wildman–Crippen MR) is 167 cm³/mol. The summed E-state index contributed by atoms with van der Waals surface area (Å²) in [7, 11) is 0. The quantitative estimate of drug-likeness (QED) is 0.282. The van der Waals surface area contributed by atoms with Crippen LogP contribution in [0.2, 0.25) is 0 Å². The van der Waals surface area contributed by atoms with E-state index in [0.29, 0.717) is 30.9 Å². The Kier molecular flexibility index (Phi) is 7.63. The molecule has 0 atom stereocenters. The van der Waals surface area contributed by atoms with E-state index in [-0.39, 0.29) is 30.0 Å². The number of aryl methyl sites for hydroxylation is 1. The summed E-state index contributed by atoms with van der Waals surface area (Å²) in [6, 6.07) is 16.3. The van der Waals surface area contributed by atoms with Crippen molar-refractivity contribution < 1.29 is 14.6 Å². The second-order valence-electron chi connectivity index (χ2n) is 12.5. The molecule has 3 aliphatic rings. The minimum absolute atomic E-state index is 0.00608. The van der Waals surface area contributed by atoms with Crippen LogP contribution in [-0.2, 0) is 22.4 Å². The number of carbonyl (C=O) groups is 1. The minimum atomic E-state index is -0.624. The molecule has 0 saturated heterocycles. The molecule has 1 aliphatic heterocycles. The van der Waals surface area contributed by atoms with Crippen molar-refractivity contribution in [1.29, 1.82) is 0 Å². The molecule has 10 heteroatoms. The molecule has 2 saturated carbocycles. The van der Waals surface area contributed by atoms with Crippen LogP contribution in [0.15, 0.2) is 64.8 Å². The van der Waals surface area contributed by atoms with Gasteiger partial charge in [-0.3, -0.25) is 14.2 Å². The molecule has 228 valence electrons. The fraction of sp³-hybridized carbons (Fsp3) is 0.441. The summed E-state index contributed by atoms with van der Waals surface area (Å²) in [5.41, 5.74) is 8.15. The van der Waals surface area contributed by atoms with Gasteiger partial charge in [0.15, 0.2) is 0 Å². The number of carbonyl (C=O) groups excluding carboxylic acids is 1. The Bertz CT molecular complexity index is 1780. The molecule has 2 aromatic carbocycles. The van der Waals surface area contributed by atoms with E-state index in [2.05, 4.69) is 45.7 Å². The molecule has 0 radical (unpaired) electrons. The van der Waals surface area contributed by atoms with Gasteiger partial charge in [-0.15, -0.1) is 0 Å².